The molecule has 2 aromatic rings. The van der Waals surface area contributed by atoms with Crippen molar-refractivity contribution in [1.29, 1.82) is 0 Å². The van der Waals surface area contributed by atoms with Gasteiger partial charge in [-0.15, -0.1) is 0 Å². The highest BCUT2D eigenvalue weighted by molar-refractivity contribution is 7.89. The third kappa shape index (κ3) is 5.01. The summed E-state index contributed by atoms with van der Waals surface area (Å²) < 4.78 is 40.3. The molecular weight excluding hydrogens is 367 g/mol. The maximum Gasteiger partial charge on any atom is 0.244 e. The second kappa shape index (κ2) is 7.95. The van der Waals surface area contributed by atoms with Crippen molar-refractivity contribution in [2.24, 2.45) is 0 Å². The van der Waals surface area contributed by atoms with Crippen molar-refractivity contribution in [1.82, 2.24) is 10.0 Å². The highest BCUT2D eigenvalue weighted by Crippen LogP contribution is 2.18. The van der Waals surface area contributed by atoms with Crippen LogP contribution in [-0.4, -0.2) is 20.4 Å². The molecule has 2 atom stereocenters. The number of carbonyl (C=O) groups is 1. The predicted molar refractivity (Wildman–Crippen MR) is 94.2 cm³/mol. The number of sulfonamides is 1. The van der Waals surface area contributed by atoms with Crippen molar-refractivity contribution in [2.45, 2.75) is 30.8 Å². The largest absolute Gasteiger partial charge is 0.348 e. The molecule has 1 unspecified atom stereocenters. The minimum Gasteiger partial charge on any atom is -0.348 e. The van der Waals surface area contributed by atoms with Crippen molar-refractivity contribution < 1.29 is 17.6 Å². The molecule has 0 aliphatic carbocycles. The summed E-state index contributed by atoms with van der Waals surface area (Å²) in [4.78, 5) is 11.7. The lowest BCUT2D eigenvalue weighted by molar-refractivity contribution is -0.123. The molecule has 0 bridgehead atoms. The summed E-state index contributed by atoms with van der Waals surface area (Å²) in [5.41, 5.74) is 0.782. The highest BCUT2D eigenvalue weighted by Gasteiger charge is 2.25. The van der Waals surface area contributed by atoms with Gasteiger partial charge < -0.3 is 5.32 Å². The van der Waals surface area contributed by atoms with Gasteiger partial charge in [-0.2, -0.15) is 4.72 Å². The topological polar surface area (TPSA) is 75.3 Å². The fraction of sp³-hybridized carbons (Fsp3) is 0.235. The monoisotopic (exact) mass is 384 g/mol. The predicted octanol–water partition coefficient (Wildman–Crippen LogP) is 3.02. The van der Waals surface area contributed by atoms with Crippen LogP contribution in [0, 0.1) is 5.82 Å². The van der Waals surface area contributed by atoms with E-state index < -0.39 is 32.7 Å². The number of hydrogen-bond donors (Lipinski definition) is 2. The number of nitrogens with one attached hydrogen (secondary N) is 2. The molecule has 134 valence electrons. The van der Waals surface area contributed by atoms with E-state index in [1.807, 2.05) is 0 Å². The molecule has 2 N–H and O–H groups in total. The first kappa shape index (κ1) is 19.4. The molecule has 0 saturated heterocycles. The Bertz CT molecular complexity index is 874. The molecule has 25 heavy (non-hydrogen) atoms. The number of benzene rings is 2. The van der Waals surface area contributed by atoms with E-state index in [2.05, 4.69) is 10.0 Å². The van der Waals surface area contributed by atoms with E-state index in [1.54, 1.807) is 31.2 Å². The number of hydrogen-bond acceptors (Lipinski definition) is 3. The van der Waals surface area contributed by atoms with Crippen LogP contribution in [0.1, 0.15) is 25.5 Å². The molecule has 0 saturated carbocycles. The van der Waals surface area contributed by atoms with Crippen LogP contribution >= 0.6 is 11.6 Å². The van der Waals surface area contributed by atoms with E-state index in [0.717, 1.165) is 17.7 Å². The Labute approximate surface area is 151 Å². The summed E-state index contributed by atoms with van der Waals surface area (Å²) in [6, 6.07) is 10.5. The van der Waals surface area contributed by atoms with Crippen LogP contribution in [0.15, 0.2) is 53.4 Å². The molecule has 0 radical (unpaired) electrons. The zero-order chi connectivity index (χ0) is 18.6. The first-order chi connectivity index (χ1) is 11.7. The zero-order valence-corrected chi connectivity index (χ0v) is 15.2. The van der Waals surface area contributed by atoms with E-state index in [1.165, 1.54) is 19.1 Å². The molecule has 1 amide bonds. The van der Waals surface area contributed by atoms with Gasteiger partial charge in [-0.25, -0.2) is 12.8 Å². The Morgan fingerprint density at radius 2 is 1.80 bits per heavy atom. The van der Waals surface area contributed by atoms with Crippen molar-refractivity contribution in [3.63, 3.8) is 0 Å². The zero-order valence-electron chi connectivity index (χ0n) is 13.7. The van der Waals surface area contributed by atoms with Crippen molar-refractivity contribution in [3.8, 4) is 0 Å². The number of amides is 1. The van der Waals surface area contributed by atoms with Crippen LogP contribution in [0.3, 0.4) is 0 Å². The molecule has 8 heteroatoms. The maximum atomic E-state index is 13.7. The fourth-order valence-corrected chi connectivity index (χ4v) is 3.69. The van der Waals surface area contributed by atoms with Gasteiger partial charge in [-0.3, -0.25) is 4.79 Å². The van der Waals surface area contributed by atoms with Crippen LogP contribution in [0.2, 0.25) is 5.02 Å². The Kier molecular flexibility index (Phi) is 6.16. The smallest absolute Gasteiger partial charge is 0.244 e. The molecule has 0 fully saturated rings. The van der Waals surface area contributed by atoms with Crippen LogP contribution < -0.4 is 10.0 Å². The summed E-state index contributed by atoms with van der Waals surface area (Å²) in [7, 11) is -4.15. The molecule has 0 spiro atoms. The van der Waals surface area contributed by atoms with Gasteiger partial charge in [0, 0.05) is 5.02 Å². The molecule has 2 rings (SSSR count). The first-order valence-electron chi connectivity index (χ1n) is 7.53. The quantitative estimate of drug-likeness (QED) is 0.803. The van der Waals surface area contributed by atoms with E-state index in [9.17, 15) is 17.6 Å². The second-order valence-corrected chi connectivity index (χ2v) is 7.68. The van der Waals surface area contributed by atoms with Gasteiger partial charge in [-0.1, -0.05) is 35.9 Å². The average Bonchev–Trinajstić information content (AvgIpc) is 2.54. The van der Waals surface area contributed by atoms with Gasteiger partial charge in [0.25, 0.3) is 0 Å². The molecular formula is C17H18ClFN2O3S. The van der Waals surface area contributed by atoms with E-state index in [4.69, 9.17) is 11.6 Å². The number of carbonyl (C=O) groups excluding carboxylic acids is 1. The van der Waals surface area contributed by atoms with Crippen molar-refractivity contribution in [3.05, 3.63) is 64.9 Å². The lowest BCUT2D eigenvalue weighted by Gasteiger charge is -2.19. The van der Waals surface area contributed by atoms with Crippen LogP contribution in [0.5, 0.6) is 0 Å². The van der Waals surface area contributed by atoms with E-state index >= 15 is 0 Å². The Balaban J connectivity index is 2.06. The van der Waals surface area contributed by atoms with Crippen molar-refractivity contribution >= 4 is 27.5 Å². The SMILES string of the molecule is CC(NC(=O)[C@H](C)NS(=O)(=O)c1ccccc1F)c1cccc(Cl)c1. The van der Waals surface area contributed by atoms with Crippen LogP contribution in [-0.2, 0) is 14.8 Å². The molecule has 0 heterocycles. The van der Waals surface area contributed by atoms with Crippen LogP contribution in [0.25, 0.3) is 0 Å². The third-order valence-electron chi connectivity index (χ3n) is 3.56. The molecule has 5 nitrogen and oxygen atoms in total. The minimum absolute atomic E-state index is 0.369. The van der Waals surface area contributed by atoms with Gasteiger partial charge in [0.1, 0.15) is 10.7 Å². The Morgan fingerprint density at radius 3 is 2.44 bits per heavy atom. The summed E-state index contributed by atoms with van der Waals surface area (Å²) in [5.74, 6) is -1.41. The Morgan fingerprint density at radius 1 is 1.12 bits per heavy atom. The fourth-order valence-electron chi connectivity index (χ4n) is 2.21. The van der Waals surface area contributed by atoms with Gasteiger partial charge >= 0.3 is 0 Å². The van der Waals surface area contributed by atoms with Crippen molar-refractivity contribution in [2.75, 3.05) is 0 Å². The summed E-state index contributed by atoms with van der Waals surface area (Å²) in [6.07, 6.45) is 0. The normalized spacial score (nSPS) is 13.9. The highest BCUT2D eigenvalue weighted by atomic mass is 35.5. The first-order valence-corrected chi connectivity index (χ1v) is 9.39. The third-order valence-corrected chi connectivity index (χ3v) is 5.37. The number of halogens is 2. The molecule has 0 aromatic heterocycles. The molecule has 2 aromatic carbocycles. The lowest BCUT2D eigenvalue weighted by atomic mass is 10.1. The Hall–Kier alpha value is -1.96. The van der Waals surface area contributed by atoms with Gasteiger partial charge in [0.05, 0.1) is 12.1 Å². The molecule has 0 aliphatic rings. The maximum absolute atomic E-state index is 13.7. The molecule has 0 aliphatic heterocycles. The second-order valence-electron chi connectivity index (χ2n) is 5.56. The summed E-state index contributed by atoms with van der Waals surface area (Å²) in [5, 5.41) is 3.23. The summed E-state index contributed by atoms with van der Waals surface area (Å²) in [6.45, 7) is 3.14. The van der Waals surface area contributed by atoms with Gasteiger partial charge in [0.2, 0.25) is 15.9 Å². The standard InChI is InChI=1S/C17H18ClFN2O3S/c1-11(13-6-5-7-14(18)10-13)20-17(22)12(2)21-25(23,24)16-9-4-3-8-15(16)19/h3-12,21H,1-2H3,(H,20,22)/t11?,12-/m0/s1. The van der Waals surface area contributed by atoms with E-state index in [0.29, 0.717) is 5.02 Å². The van der Waals surface area contributed by atoms with Gasteiger partial charge in [-0.05, 0) is 43.7 Å². The number of rotatable bonds is 6. The van der Waals surface area contributed by atoms with Crippen LogP contribution in [0.4, 0.5) is 4.39 Å². The summed E-state index contributed by atoms with van der Waals surface area (Å²) >= 11 is 5.92. The van der Waals surface area contributed by atoms with Gasteiger partial charge in [0.15, 0.2) is 0 Å². The minimum atomic E-state index is -4.15. The lowest BCUT2D eigenvalue weighted by Crippen LogP contribution is -2.45. The average molecular weight is 385 g/mol. The van der Waals surface area contributed by atoms with E-state index in [-0.39, 0.29) is 6.04 Å².